The number of alkyl carbamates (subject to hydrolysis) is 1. The monoisotopic (exact) mass is 197 g/mol. The van der Waals surface area contributed by atoms with Crippen LogP contribution in [0.4, 0.5) is 4.79 Å². The fourth-order valence-corrected chi connectivity index (χ4v) is 1.44. The Morgan fingerprint density at radius 1 is 1.50 bits per heavy atom. The molecule has 0 fully saturated rings. The number of nitrogens with one attached hydrogen (secondary N) is 1. The van der Waals surface area contributed by atoms with Gasteiger partial charge in [-0.2, -0.15) is 0 Å². The van der Waals surface area contributed by atoms with E-state index in [-0.39, 0.29) is 12.1 Å². The second-order valence-electron chi connectivity index (χ2n) is 4.78. The molecule has 1 amide bonds. The lowest BCUT2D eigenvalue weighted by Crippen LogP contribution is -2.40. The Balaban J connectivity index is 2.35. The van der Waals surface area contributed by atoms with Gasteiger partial charge in [-0.3, -0.25) is 0 Å². The van der Waals surface area contributed by atoms with E-state index in [1.54, 1.807) is 0 Å². The highest BCUT2D eigenvalue weighted by atomic mass is 16.6. The van der Waals surface area contributed by atoms with Gasteiger partial charge in [-0.1, -0.05) is 19.1 Å². The van der Waals surface area contributed by atoms with E-state index in [2.05, 4.69) is 24.4 Å². The minimum absolute atomic E-state index is 0.199. The van der Waals surface area contributed by atoms with Crippen molar-refractivity contribution in [2.24, 2.45) is 5.92 Å². The van der Waals surface area contributed by atoms with Gasteiger partial charge in [0, 0.05) is 6.04 Å². The van der Waals surface area contributed by atoms with Crippen LogP contribution < -0.4 is 5.32 Å². The van der Waals surface area contributed by atoms with Crippen molar-refractivity contribution in [2.75, 3.05) is 0 Å². The molecule has 0 bridgehead atoms. The van der Waals surface area contributed by atoms with Crippen LogP contribution in [0.3, 0.4) is 0 Å². The summed E-state index contributed by atoms with van der Waals surface area (Å²) in [6, 6.07) is 0.199. The number of amides is 1. The Bertz CT molecular complexity index is 240. The van der Waals surface area contributed by atoms with Gasteiger partial charge in [0.25, 0.3) is 0 Å². The average molecular weight is 197 g/mol. The molecule has 0 spiro atoms. The van der Waals surface area contributed by atoms with Crippen molar-refractivity contribution in [3.8, 4) is 0 Å². The van der Waals surface area contributed by atoms with Crippen molar-refractivity contribution in [1.82, 2.24) is 5.32 Å². The molecule has 1 rings (SSSR count). The zero-order valence-corrected chi connectivity index (χ0v) is 9.33. The third-order valence-electron chi connectivity index (χ3n) is 2.17. The summed E-state index contributed by atoms with van der Waals surface area (Å²) >= 11 is 0. The van der Waals surface area contributed by atoms with Crippen molar-refractivity contribution in [3.05, 3.63) is 12.2 Å². The maximum Gasteiger partial charge on any atom is 0.407 e. The normalized spacial score (nSPS) is 26.3. The molecule has 0 aliphatic heterocycles. The first-order valence-corrected chi connectivity index (χ1v) is 5.04. The molecular formula is C11H19NO2. The Morgan fingerprint density at radius 2 is 2.14 bits per heavy atom. The van der Waals surface area contributed by atoms with E-state index in [4.69, 9.17) is 4.74 Å². The first-order valence-electron chi connectivity index (χ1n) is 5.04. The van der Waals surface area contributed by atoms with Gasteiger partial charge >= 0.3 is 6.09 Å². The van der Waals surface area contributed by atoms with E-state index < -0.39 is 5.60 Å². The molecule has 0 heterocycles. The SMILES string of the molecule is C[C@H]1C=CC[C@@H]1NC(=O)OC(C)(C)C. The minimum Gasteiger partial charge on any atom is -0.444 e. The molecule has 0 radical (unpaired) electrons. The van der Waals surface area contributed by atoms with Gasteiger partial charge in [0.15, 0.2) is 0 Å². The zero-order chi connectivity index (χ0) is 10.8. The number of ether oxygens (including phenoxy) is 1. The van der Waals surface area contributed by atoms with Crippen LogP contribution in [0.5, 0.6) is 0 Å². The molecule has 0 saturated carbocycles. The summed E-state index contributed by atoms with van der Waals surface area (Å²) in [5.41, 5.74) is -0.417. The Hall–Kier alpha value is -0.990. The third kappa shape index (κ3) is 3.40. The highest BCUT2D eigenvalue weighted by Gasteiger charge is 2.23. The zero-order valence-electron chi connectivity index (χ0n) is 9.33. The summed E-state index contributed by atoms with van der Waals surface area (Å²) in [5, 5.41) is 2.86. The fraction of sp³-hybridized carbons (Fsp3) is 0.727. The Kier molecular flexibility index (Phi) is 3.19. The van der Waals surface area contributed by atoms with Crippen LogP contribution in [0.2, 0.25) is 0 Å². The number of hydrogen-bond acceptors (Lipinski definition) is 2. The summed E-state index contributed by atoms with van der Waals surface area (Å²) in [4.78, 5) is 11.4. The lowest BCUT2D eigenvalue weighted by Gasteiger charge is -2.23. The lowest BCUT2D eigenvalue weighted by molar-refractivity contribution is 0.0497. The maximum atomic E-state index is 11.4. The maximum absolute atomic E-state index is 11.4. The fourth-order valence-electron chi connectivity index (χ4n) is 1.44. The predicted octanol–water partition coefficient (Wildman–Crippen LogP) is 2.48. The summed E-state index contributed by atoms with van der Waals surface area (Å²) in [5.74, 6) is 0.405. The van der Waals surface area contributed by atoms with Crippen molar-refractivity contribution in [3.63, 3.8) is 0 Å². The van der Waals surface area contributed by atoms with Gasteiger partial charge in [-0.15, -0.1) is 0 Å². The number of rotatable bonds is 1. The van der Waals surface area contributed by atoms with E-state index in [9.17, 15) is 4.79 Å². The number of carbonyl (C=O) groups is 1. The van der Waals surface area contributed by atoms with Gasteiger partial charge in [0.1, 0.15) is 5.60 Å². The van der Waals surface area contributed by atoms with Crippen LogP contribution in [-0.2, 0) is 4.74 Å². The molecule has 0 saturated heterocycles. The Labute approximate surface area is 85.5 Å². The van der Waals surface area contributed by atoms with E-state index >= 15 is 0 Å². The summed E-state index contributed by atoms with van der Waals surface area (Å²) in [6.07, 6.45) is 4.79. The van der Waals surface area contributed by atoms with Crippen LogP contribution in [0.1, 0.15) is 34.1 Å². The molecule has 14 heavy (non-hydrogen) atoms. The Morgan fingerprint density at radius 3 is 2.57 bits per heavy atom. The largest absolute Gasteiger partial charge is 0.444 e. The summed E-state index contributed by atoms with van der Waals surface area (Å²) in [6.45, 7) is 7.68. The average Bonchev–Trinajstić information content (AvgIpc) is 2.32. The van der Waals surface area contributed by atoms with E-state index in [0.717, 1.165) is 6.42 Å². The van der Waals surface area contributed by atoms with E-state index in [0.29, 0.717) is 5.92 Å². The molecule has 3 heteroatoms. The smallest absolute Gasteiger partial charge is 0.407 e. The van der Waals surface area contributed by atoms with Gasteiger partial charge in [-0.05, 0) is 33.1 Å². The quantitative estimate of drug-likeness (QED) is 0.656. The van der Waals surface area contributed by atoms with Crippen LogP contribution in [-0.4, -0.2) is 17.7 Å². The molecule has 0 aromatic rings. The van der Waals surface area contributed by atoms with Crippen molar-refractivity contribution >= 4 is 6.09 Å². The van der Waals surface area contributed by atoms with Crippen molar-refractivity contribution in [2.45, 2.75) is 45.8 Å². The first-order chi connectivity index (χ1) is 6.38. The van der Waals surface area contributed by atoms with Gasteiger partial charge in [0.2, 0.25) is 0 Å². The number of carbonyl (C=O) groups excluding carboxylic acids is 1. The molecule has 1 aliphatic carbocycles. The topological polar surface area (TPSA) is 38.3 Å². The molecule has 80 valence electrons. The summed E-state index contributed by atoms with van der Waals surface area (Å²) < 4.78 is 5.17. The van der Waals surface area contributed by atoms with Crippen LogP contribution >= 0.6 is 0 Å². The first kappa shape index (κ1) is 11.1. The van der Waals surface area contributed by atoms with E-state index in [1.807, 2.05) is 20.8 Å². The molecule has 1 aliphatic rings. The standard InChI is InChI=1S/C11H19NO2/c1-8-6-5-7-9(8)12-10(13)14-11(2,3)4/h5-6,8-9H,7H2,1-4H3,(H,12,13)/t8-,9-/m0/s1. The van der Waals surface area contributed by atoms with Crippen LogP contribution in [0.15, 0.2) is 12.2 Å². The number of hydrogen-bond donors (Lipinski definition) is 1. The van der Waals surface area contributed by atoms with Crippen molar-refractivity contribution in [1.29, 1.82) is 0 Å². The molecule has 0 aromatic heterocycles. The summed E-state index contributed by atoms with van der Waals surface area (Å²) in [7, 11) is 0. The molecular weight excluding hydrogens is 178 g/mol. The second kappa shape index (κ2) is 4.03. The molecule has 0 aromatic carbocycles. The predicted molar refractivity (Wildman–Crippen MR) is 56.1 cm³/mol. The molecule has 3 nitrogen and oxygen atoms in total. The highest BCUT2D eigenvalue weighted by molar-refractivity contribution is 5.68. The van der Waals surface area contributed by atoms with Gasteiger partial charge in [-0.25, -0.2) is 4.79 Å². The molecule has 2 atom stereocenters. The molecule has 1 N–H and O–H groups in total. The van der Waals surface area contributed by atoms with Crippen LogP contribution in [0, 0.1) is 5.92 Å². The van der Waals surface area contributed by atoms with Crippen molar-refractivity contribution < 1.29 is 9.53 Å². The van der Waals surface area contributed by atoms with E-state index in [1.165, 1.54) is 0 Å². The minimum atomic E-state index is -0.417. The molecule has 0 unspecified atom stereocenters. The lowest BCUT2D eigenvalue weighted by atomic mass is 10.1. The van der Waals surface area contributed by atoms with Gasteiger partial charge < -0.3 is 10.1 Å². The third-order valence-corrected chi connectivity index (χ3v) is 2.17. The second-order valence-corrected chi connectivity index (χ2v) is 4.78. The van der Waals surface area contributed by atoms with Gasteiger partial charge in [0.05, 0.1) is 0 Å². The highest BCUT2D eigenvalue weighted by Crippen LogP contribution is 2.17. The van der Waals surface area contributed by atoms with Crippen LogP contribution in [0.25, 0.3) is 0 Å².